The molecule has 1 amide bonds. The summed E-state index contributed by atoms with van der Waals surface area (Å²) in [4.78, 5) is 11.8. The zero-order chi connectivity index (χ0) is 14.8. The summed E-state index contributed by atoms with van der Waals surface area (Å²) >= 11 is 3.45. The quantitative estimate of drug-likeness (QED) is 0.666. The number of benzene rings is 1. The molecule has 1 N–H and O–H groups in total. The van der Waals surface area contributed by atoms with Crippen LogP contribution in [0.25, 0.3) is 0 Å². The van der Waals surface area contributed by atoms with Gasteiger partial charge < -0.3 is 5.32 Å². The first kappa shape index (κ1) is 17.2. The minimum atomic E-state index is 0.174. The molecule has 1 aromatic carbocycles. The van der Waals surface area contributed by atoms with Crippen molar-refractivity contribution in [1.82, 2.24) is 5.32 Å². The van der Waals surface area contributed by atoms with Gasteiger partial charge in [0.05, 0.1) is 0 Å². The van der Waals surface area contributed by atoms with Crippen molar-refractivity contribution in [1.29, 1.82) is 0 Å². The number of amides is 1. The third kappa shape index (κ3) is 7.68. The molecule has 1 aromatic rings. The molecule has 2 nitrogen and oxygen atoms in total. The van der Waals surface area contributed by atoms with Crippen LogP contribution in [0.2, 0.25) is 0 Å². The second kappa shape index (κ2) is 9.17. The molecule has 0 bridgehead atoms. The number of carbonyl (C=O) groups is 1. The number of hydrogen-bond donors (Lipinski definition) is 1. The van der Waals surface area contributed by atoms with E-state index in [1.165, 1.54) is 5.56 Å². The lowest BCUT2D eigenvalue weighted by Gasteiger charge is -2.24. The number of alkyl halides is 1. The van der Waals surface area contributed by atoms with E-state index in [2.05, 4.69) is 47.2 Å². The SMILES string of the molecule is CC(C)(CCCBr)CNC(=O)CCCc1ccccc1. The van der Waals surface area contributed by atoms with Crippen molar-refractivity contribution in [3.63, 3.8) is 0 Å². The molecule has 0 atom stereocenters. The van der Waals surface area contributed by atoms with Gasteiger partial charge in [-0.2, -0.15) is 0 Å². The van der Waals surface area contributed by atoms with E-state index in [4.69, 9.17) is 0 Å². The molecule has 0 fully saturated rings. The van der Waals surface area contributed by atoms with Gasteiger partial charge in [-0.15, -0.1) is 0 Å². The first-order valence-corrected chi connectivity index (χ1v) is 8.52. The Morgan fingerprint density at radius 3 is 2.55 bits per heavy atom. The average Bonchev–Trinajstić information content (AvgIpc) is 2.44. The lowest BCUT2D eigenvalue weighted by molar-refractivity contribution is -0.121. The third-order valence-electron chi connectivity index (χ3n) is 3.46. The van der Waals surface area contributed by atoms with Crippen molar-refractivity contribution in [2.45, 2.75) is 46.0 Å². The maximum Gasteiger partial charge on any atom is 0.220 e. The van der Waals surface area contributed by atoms with Gasteiger partial charge in [0.1, 0.15) is 0 Å². The number of hydrogen-bond acceptors (Lipinski definition) is 1. The van der Waals surface area contributed by atoms with E-state index < -0.39 is 0 Å². The highest BCUT2D eigenvalue weighted by atomic mass is 79.9. The topological polar surface area (TPSA) is 29.1 Å². The minimum Gasteiger partial charge on any atom is -0.356 e. The fraction of sp³-hybridized carbons (Fsp3) is 0.588. The summed E-state index contributed by atoms with van der Waals surface area (Å²) in [6.45, 7) is 5.18. The van der Waals surface area contributed by atoms with Crippen LogP contribution in [0.1, 0.15) is 45.1 Å². The average molecular weight is 340 g/mol. The van der Waals surface area contributed by atoms with Gasteiger partial charge in [-0.25, -0.2) is 0 Å². The third-order valence-corrected chi connectivity index (χ3v) is 4.02. The molecule has 0 radical (unpaired) electrons. The van der Waals surface area contributed by atoms with Crippen LogP contribution in [0, 0.1) is 5.41 Å². The van der Waals surface area contributed by atoms with Gasteiger partial charge in [-0.3, -0.25) is 4.79 Å². The Balaban J connectivity index is 2.17. The molecule has 1 rings (SSSR count). The van der Waals surface area contributed by atoms with Crippen molar-refractivity contribution in [2.75, 3.05) is 11.9 Å². The maximum absolute atomic E-state index is 11.8. The summed E-state index contributed by atoms with van der Waals surface area (Å²) in [5.74, 6) is 0.174. The molecule has 0 spiro atoms. The van der Waals surface area contributed by atoms with E-state index in [1.54, 1.807) is 0 Å². The molecule has 0 aliphatic carbocycles. The van der Waals surface area contributed by atoms with Gasteiger partial charge in [-0.1, -0.05) is 60.1 Å². The number of nitrogens with one attached hydrogen (secondary N) is 1. The molecule has 112 valence electrons. The Kier molecular flexibility index (Phi) is 7.90. The molecule has 0 aliphatic heterocycles. The normalized spacial score (nSPS) is 11.3. The second-order valence-corrected chi connectivity index (χ2v) is 6.87. The second-order valence-electron chi connectivity index (χ2n) is 6.07. The van der Waals surface area contributed by atoms with Crippen LogP contribution >= 0.6 is 15.9 Å². The van der Waals surface area contributed by atoms with Gasteiger partial charge in [0, 0.05) is 18.3 Å². The predicted octanol–water partition coefficient (Wildman–Crippen LogP) is 4.33. The lowest BCUT2D eigenvalue weighted by Crippen LogP contribution is -2.34. The Labute approximate surface area is 131 Å². The zero-order valence-corrected chi connectivity index (χ0v) is 14.2. The highest BCUT2D eigenvalue weighted by Crippen LogP contribution is 2.21. The van der Waals surface area contributed by atoms with Crippen molar-refractivity contribution < 1.29 is 4.79 Å². The lowest BCUT2D eigenvalue weighted by atomic mass is 9.88. The Bertz CT molecular complexity index is 389. The molecule has 0 aliphatic rings. The fourth-order valence-corrected chi connectivity index (χ4v) is 2.44. The van der Waals surface area contributed by atoms with Crippen LogP contribution < -0.4 is 5.32 Å². The number of aryl methyl sites for hydroxylation is 1. The van der Waals surface area contributed by atoms with E-state index in [0.29, 0.717) is 6.42 Å². The monoisotopic (exact) mass is 339 g/mol. The van der Waals surface area contributed by atoms with Crippen molar-refractivity contribution in [3.05, 3.63) is 35.9 Å². The molecule has 0 unspecified atom stereocenters. The van der Waals surface area contributed by atoms with Gasteiger partial charge in [0.25, 0.3) is 0 Å². The van der Waals surface area contributed by atoms with Gasteiger partial charge >= 0.3 is 0 Å². The molecule has 0 aromatic heterocycles. The van der Waals surface area contributed by atoms with Gasteiger partial charge in [-0.05, 0) is 36.7 Å². The van der Waals surface area contributed by atoms with E-state index in [1.807, 2.05) is 18.2 Å². The van der Waals surface area contributed by atoms with E-state index >= 15 is 0 Å². The number of rotatable bonds is 9. The highest BCUT2D eigenvalue weighted by molar-refractivity contribution is 9.09. The Hall–Kier alpha value is -0.830. The highest BCUT2D eigenvalue weighted by Gasteiger charge is 2.17. The first-order chi connectivity index (χ1) is 9.53. The standard InChI is InChI=1S/C17H26BrNO/c1-17(2,12-7-13-18)14-19-16(20)11-6-10-15-8-4-3-5-9-15/h3-5,8-9H,6-7,10-14H2,1-2H3,(H,19,20). The number of halogens is 1. The first-order valence-electron chi connectivity index (χ1n) is 7.40. The Morgan fingerprint density at radius 1 is 1.20 bits per heavy atom. The Morgan fingerprint density at radius 2 is 1.90 bits per heavy atom. The summed E-state index contributed by atoms with van der Waals surface area (Å²) in [6, 6.07) is 10.3. The van der Waals surface area contributed by atoms with Gasteiger partial charge in [0.15, 0.2) is 0 Å². The predicted molar refractivity (Wildman–Crippen MR) is 89.2 cm³/mol. The molecule has 0 saturated heterocycles. The minimum absolute atomic E-state index is 0.174. The van der Waals surface area contributed by atoms with Crippen LogP contribution in [-0.2, 0) is 11.2 Å². The summed E-state index contributed by atoms with van der Waals surface area (Å²) in [5.41, 5.74) is 1.49. The molecular weight excluding hydrogens is 314 g/mol. The summed E-state index contributed by atoms with van der Waals surface area (Å²) in [7, 11) is 0. The van der Waals surface area contributed by atoms with Gasteiger partial charge in [0.2, 0.25) is 5.91 Å². The van der Waals surface area contributed by atoms with Crippen molar-refractivity contribution >= 4 is 21.8 Å². The molecule has 0 heterocycles. The fourth-order valence-electron chi connectivity index (χ4n) is 2.16. The van der Waals surface area contributed by atoms with Crippen LogP contribution in [0.4, 0.5) is 0 Å². The number of carbonyl (C=O) groups excluding carboxylic acids is 1. The van der Waals surface area contributed by atoms with Crippen molar-refractivity contribution in [3.8, 4) is 0 Å². The molecule has 0 saturated carbocycles. The summed E-state index contributed by atoms with van der Waals surface area (Å²) in [5, 5.41) is 4.09. The molecule has 20 heavy (non-hydrogen) atoms. The summed E-state index contributed by atoms with van der Waals surface area (Å²) in [6.07, 6.45) is 4.78. The smallest absolute Gasteiger partial charge is 0.220 e. The van der Waals surface area contributed by atoms with E-state index in [0.717, 1.165) is 37.6 Å². The van der Waals surface area contributed by atoms with E-state index in [-0.39, 0.29) is 11.3 Å². The largest absolute Gasteiger partial charge is 0.356 e. The van der Waals surface area contributed by atoms with Crippen LogP contribution in [-0.4, -0.2) is 17.8 Å². The van der Waals surface area contributed by atoms with Crippen molar-refractivity contribution in [2.24, 2.45) is 5.41 Å². The van der Waals surface area contributed by atoms with Crippen LogP contribution in [0.3, 0.4) is 0 Å². The van der Waals surface area contributed by atoms with Crippen LogP contribution in [0.5, 0.6) is 0 Å². The maximum atomic E-state index is 11.8. The van der Waals surface area contributed by atoms with E-state index in [9.17, 15) is 4.79 Å². The summed E-state index contributed by atoms with van der Waals surface area (Å²) < 4.78 is 0. The van der Waals surface area contributed by atoms with Crippen LogP contribution in [0.15, 0.2) is 30.3 Å². The molecular formula is C17H26BrNO. The zero-order valence-electron chi connectivity index (χ0n) is 12.6. The molecule has 3 heteroatoms.